The summed E-state index contributed by atoms with van der Waals surface area (Å²) in [4.78, 5) is 5.25. The van der Waals surface area contributed by atoms with Gasteiger partial charge in [-0.25, -0.2) is 0 Å². The van der Waals surface area contributed by atoms with E-state index in [0.29, 0.717) is 0 Å². The van der Waals surface area contributed by atoms with Crippen molar-refractivity contribution >= 4 is 5.69 Å². The van der Waals surface area contributed by atoms with Crippen molar-refractivity contribution in [3.63, 3.8) is 0 Å². The number of benzene rings is 1. The largest absolute Gasteiger partial charge is 0.485 e. The van der Waals surface area contributed by atoms with E-state index in [-0.39, 0.29) is 6.10 Å². The molecule has 3 aliphatic rings. The first kappa shape index (κ1) is 12.5. The molecule has 3 heterocycles. The zero-order valence-electron chi connectivity index (χ0n) is 11.9. The smallest absolute Gasteiger partial charge is 0.142 e. The van der Waals surface area contributed by atoms with E-state index in [4.69, 9.17) is 4.74 Å². The molecule has 4 nitrogen and oxygen atoms in total. The summed E-state index contributed by atoms with van der Waals surface area (Å²) >= 11 is 0. The first-order valence-electron chi connectivity index (χ1n) is 7.84. The van der Waals surface area contributed by atoms with Crippen LogP contribution in [0.5, 0.6) is 5.75 Å². The van der Waals surface area contributed by atoms with Crippen molar-refractivity contribution in [1.82, 2.24) is 9.80 Å². The second kappa shape index (κ2) is 5.26. The van der Waals surface area contributed by atoms with Gasteiger partial charge in [0.1, 0.15) is 11.9 Å². The molecule has 0 saturated carbocycles. The zero-order chi connectivity index (χ0) is 13.4. The Bertz CT molecular complexity index is 479. The quantitative estimate of drug-likeness (QED) is 0.886. The highest BCUT2D eigenvalue weighted by molar-refractivity contribution is 5.57. The molecule has 0 radical (unpaired) electrons. The maximum atomic E-state index is 6.13. The first-order chi connectivity index (χ1) is 9.88. The number of hydrogen-bond acceptors (Lipinski definition) is 4. The topological polar surface area (TPSA) is 27.7 Å². The Morgan fingerprint density at radius 3 is 3.15 bits per heavy atom. The summed E-state index contributed by atoms with van der Waals surface area (Å²) in [5.41, 5.74) is 1.13. The molecule has 1 aromatic rings. The van der Waals surface area contributed by atoms with Crippen molar-refractivity contribution < 1.29 is 4.74 Å². The number of para-hydroxylation sites is 2. The zero-order valence-corrected chi connectivity index (χ0v) is 11.9. The highest BCUT2D eigenvalue weighted by Crippen LogP contribution is 2.29. The lowest BCUT2D eigenvalue weighted by Gasteiger charge is -2.39. The Hall–Kier alpha value is -1.26. The summed E-state index contributed by atoms with van der Waals surface area (Å²) in [7, 11) is 0. The molecule has 4 rings (SSSR count). The molecular formula is C16H23N3O. The van der Waals surface area contributed by atoms with Gasteiger partial charge in [0.05, 0.1) is 12.2 Å². The molecule has 2 unspecified atom stereocenters. The minimum Gasteiger partial charge on any atom is -0.485 e. The average Bonchev–Trinajstić information content (AvgIpc) is 2.95. The van der Waals surface area contributed by atoms with Crippen molar-refractivity contribution in [3.05, 3.63) is 24.3 Å². The summed E-state index contributed by atoms with van der Waals surface area (Å²) < 4.78 is 6.13. The van der Waals surface area contributed by atoms with Crippen LogP contribution >= 0.6 is 0 Å². The predicted molar refractivity (Wildman–Crippen MR) is 80.4 cm³/mol. The van der Waals surface area contributed by atoms with Crippen LogP contribution in [0.2, 0.25) is 0 Å². The lowest BCUT2D eigenvalue weighted by Crippen LogP contribution is -2.53. The summed E-state index contributed by atoms with van der Waals surface area (Å²) in [5, 5.41) is 3.49. The fourth-order valence-electron chi connectivity index (χ4n) is 3.77. The van der Waals surface area contributed by atoms with E-state index >= 15 is 0 Å². The molecule has 20 heavy (non-hydrogen) atoms. The van der Waals surface area contributed by atoms with Gasteiger partial charge in [-0.15, -0.1) is 0 Å². The Morgan fingerprint density at radius 2 is 2.15 bits per heavy atom. The van der Waals surface area contributed by atoms with E-state index in [9.17, 15) is 0 Å². The number of nitrogens with one attached hydrogen (secondary N) is 1. The van der Waals surface area contributed by atoms with Crippen LogP contribution in [0.4, 0.5) is 5.69 Å². The minimum absolute atomic E-state index is 0.276. The van der Waals surface area contributed by atoms with Gasteiger partial charge in [-0.1, -0.05) is 12.1 Å². The van der Waals surface area contributed by atoms with E-state index < -0.39 is 0 Å². The molecule has 3 aliphatic heterocycles. The van der Waals surface area contributed by atoms with E-state index in [1.807, 2.05) is 6.07 Å². The van der Waals surface area contributed by atoms with Crippen molar-refractivity contribution in [2.24, 2.45) is 0 Å². The van der Waals surface area contributed by atoms with Crippen molar-refractivity contribution in [1.29, 1.82) is 0 Å². The molecule has 0 aliphatic carbocycles. The average molecular weight is 273 g/mol. The van der Waals surface area contributed by atoms with Crippen LogP contribution in [0.1, 0.15) is 12.8 Å². The van der Waals surface area contributed by atoms with Crippen molar-refractivity contribution in [2.45, 2.75) is 25.0 Å². The number of hydrogen-bond donors (Lipinski definition) is 1. The van der Waals surface area contributed by atoms with E-state index in [2.05, 4.69) is 33.3 Å². The number of ether oxygens (including phenoxy) is 1. The molecule has 2 fully saturated rings. The maximum Gasteiger partial charge on any atom is 0.142 e. The van der Waals surface area contributed by atoms with E-state index in [1.165, 1.54) is 39.0 Å². The summed E-state index contributed by atoms with van der Waals surface area (Å²) in [5.74, 6) is 1.00. The second-order valence-electron chi connectivity index (χ2n) is 6.21. The minimum atomic E-state index is 0.276. The van der Waals surface area contributed by atoms with Gasteiger partial charge in [-0.05, 0) is 31.5 Å². The molecule has 4 heteroatoms. The highest BCUT2D eigenvalue weighted by Gasteiger charge is 2.32. The number of anilines is 1. The molecule has 0 amide bonds. The lowest BCUT2D eigenvalue weighted by atomic mass is 10.1. The van der Waals surface area contributed by atoms with Crippen LogP contribution in [0.3, 0.4) is 0 Å². The summed E-state index contributed by atoms with van der Waals surface area (Å²) in [6.07, 6.45) is 3.04. The van der Waals surface area contributed by atoms with Gasteiger partial charge in [-0.2, -0.15) is 0 Å². The van der Waals surface area contributed by atoms with Crippen LogP contribution in [0.15, 0.2) is 24.3 Å². The molecule has 0 aromatic heterocycles. The molecule has 1 N–H and O–H groups in total. The van der Waals surface area contributed by atoms with E-state index in [1.54, 1.807) is 0 Å². The molecule has 2 atom stereocenters. The normalized spacial score (nSPS) is 30.2. The van der Waals surface area contributed by atoms with Crippen LogP contribution in [0, 0.1) is 0 Å². The van der Waals surface area contributed by atoms with Gasteiger partial charge >= 0.3 is 0 Å². The molecule has 2 saturated heterocycles. The fraction of sp³-hybridized carbons (Fsp3) is 0.625. The van der Waals surface area contributed by atoms with Gasteiger partial charge < -0.3 is 10.1 Å². The second-order valence-corrected chi connectivity index (χ2v) is 6.21. The standard InChI is InChI=1S/C16H23N3O/c1-2-6-16-15(5-1)17-10-14(20-16)12-18-8-9-19-7-3-4-13(19)11-18/h1-2,5-6,13-14,17H,3-4,7-12H2. The Labute approximate surface area is 120 Å². The van der Waals surface area contributed by atoms with Crippen molar-refractivity contribution in [2.75, 3.05) is 44.6 Å². The fourth-order valence-corrected chi connectivity index (χ4v) is 3.77. The summed E-state index contributed by atoms with van der Waals surface area (Å²) in [6, 6.07) is 9.04. The third-order valence-electron chi connectivity index (χ3n) is 4.83. The molecule has 0 spiro atoms. The van der Waals surface area contributed by atoms with Crippen LogP contribution in [-0.2, 0) is 0 Å². The lowest BCUT2D eigenvalue weighted by molar-refractivity contribution is 0.0678. The number of piperazine rings is 1. The third kappa shape index (κ3) is 2.38. The van der Waals surface area contributed by atoms with Gasteiger partial charge in [0.2, 0.25) is 0 Å². The number of rotatable bonds is 2. The predicted octanol–water partition coefficient (Wildman–Crippen LogP) is 1.64. The molecule has 108 valence electrons. The van der Waals surface area contributed by atoms with Crippen LogP contribution in [-0.4, -0.2) is 61.2 Å². The van der Waals surface area contributed by atoms with Gasteiger partial charge in [0.25, 0.3) is 0 Å². The van der Waals surface area contributed by atoms with Gasteiger partial charge in [-0.3, -0.25) is 9.80 Å². The molecular weight excluding hydrogens is 250 g/mol. The van der Waals surface area contributed by atoms with Gasteiger partial charge in [0, 0.05) is 32.2 Å². The maximum absolute atomic E-state index is 6.13. The number of nitrogens with zero attached hydrogens (tertiary/aromatic N) is 2. The van der Waals surface area contributed by atoms with Crippen LogP contribution < -0.4 is 10.1 Å². The highest BCUT2D eigenvalue weighted by atomic mass is 16.5. The van der Waals surface area contributed by atoms with Gasteiger partial charge in [0.15, 0.2) is 0 Å². The molecule has 0 bridgehead atoms. The van der Waals surface area contributed by atoms with E-state index in [0.717, 1.165) is 30.6 Å². The summed E-state index contributed by atoms with van der Waals surface area (Å²) in [6.45, 7) is 6.93. The Kier molecular flexibility index (Phi) is 3.28. The monoisotopic (exact) mass is 273 g/mol. The Morgan fingerprint density at radius 1 is 1.20 bits per heavy atom. The van der Waals surface area contributed by atoms with Crippen molar-refractivity contribution in [3.8, 4) is 5.75 Å². The number of fused-ring (bicyclic) bond motifs is 2. The Balaban J connectivity index is 1.36. The SMILES string of the molecule is c1ccc2c(c1)NCC(CN1CCN3CCCC3C1)O2. The third-order valence-corrected chi connectivity index (χ3v) is 4.83. The molecule has 1 aromatic carbocycles. The first-order valence-corrected chi connectivity index (χ1v) is 7.84. The van der Waals surface area contributed by atoms with Crippen LogP contribution in [0.25, 0.3) is 0 Å².